The molecule has 5 rings (SSSR count). The van der Waals surface area contributed by atoms with E-state index >= 15 is 0 Å². The molecule has 0 N–H and O–H groups in total. The van der Waals surface area contributed by atoms with Gasteiger partial charge in [-0.2, -0.15) is 0 Å². The molecule has 0 fully saturated rings. The van der Waals surface area contributed by atoms with E-state index in [0.29, 0.717) is 16.7 Å². The van der Waals surface area contributed by atoms with Crippen LogP contribution in [0.3, 0.4) is 0 Å². The Balaban J connectivity index is 1.71. The molecule has 0 bridgehead atoms. The highest BCUT2D eigenvalue weighted by Gasteiger charge is 2.14. The van der Waals surface area contributed by atoms with Crippen molar-refractivity contribution in [3.63, 3.8) is 0 Å². The van der Waals surface area contributed by atoms with Crippen molar-refractivity contribution in [2.24, 2.45) is 0 Å². The number of fused-ring (bicyclic) bond motifs is 2. The molecular weight excluding hydrogens is 346 g/mol. The molecule has 0 saturated carbocycles. The summed E-state index contributed by atoms with van der Waals surface area (Å²) in [6.45, 7) is 2.76. The molecule has 0 saturated heterocycles. The van der Waals surface area contributed by atoms with Gasteiger partial charge in [0.1, 0.15) is 11.3 Å². The zero-order valence-corrected chi connectivity index (χ0v) is 15.6. The van der Waals surface area contributed by atoms with Gasteiger partial charge in [0.15, 0.2) is 5.43 Å². The molecule has 0 aliphatic heterocycles. The summed E-state index contributed by atoms with van der Waals surface area (Å²) in [5.74, 6) is 0.603. The van der Waals surface area contributed by atoms with Gasteiger partial charge in [0, 0.05) is 35.3 Å². The Morgan fingerprint density at radius 2 is 1.64 bits per heavy atom. The predicted octanol–water partition coefficient (Wildman–Crippen LogP) is 5.77. The second-order valence-corrected chi connectivity index (χ2v) is 7.15. The number of hydrogen-bond donors (Lipinski definition) is 0. The fourth-order valence-electron chi connectivity index (χ4n) is 3.75. The van der Waals surface area contributed by atoms with E-state index in [1.54, 1.807) is 6.07 Å². The molecule has 0 radical (unpaired) electrons. The average molecular weight is 365 g/mol. The van der Waals surface area contributed by atoms with Crippen LogP contribution in [-0.4, -0.2) is 4.57 Å². The minimum absolute atomic E-state index is 0.0175. The third-order valence-corrected chi connectivity index (χ3v) is 5.13. The van der Waals surface area contributed by atoms with E-state index in [9.17, 15) is 4.79 Å². The van der Waals surface area contributed by atoms with Crippen molar-refractivity contribution < 1.29 is 4.42 Å². The molecule has 2 aromatic heterocycles. The van der Waals surface area contributed by atoms with Crippen LogP contribution < -0.4 is 5.43 Å². The standard InChI is InChI=1S/C25H19NO2/c1-17-11-12-20-23(27)14-25(28-24(20)13-17)21-16-26(15-18-7-3-2-4-8-18)22-10-6-5-9-19(21)22/h2-14,16H,15H2,1H3. The Hall–Kier alpha value is -3.59. The summed E-state index contributed by atoms with van der Waals surface area (Å²) < 4.78 is 8.38. The van der Waals surface area contributed by atoms with E-state index in [0.717, 1.165) is 28.6 Å². The quantitative estimate of drug-likeness (QED) is 0.407. The van der Waals surface area contributed by atoms with E-state index in [2.05, 4.69) is 35.0 Å². The number of benzene rings is 3. The summed E-state index contributed by atoms with van der Waals surface area (Å²) in [4.78, 5) is 12.7. The van der Waals surface area contributed by atoms with E-state index in [-0.39, 0.29) is 5.43 Å². The molecule has 3 nitrogen and oxygen atoms in total. The lowest BCUT2D eigenvalue weighted by Crippen LogP contribution is -2.00. The van der Waals surface area contributed by atoms with Crippen molar-refractivity contribution in [1.29, 1.82) is 0 Å². The zero-order valence-electron chi connectivity index (χ0n) is 15.6. The second-order valence-electron chi connectivity index (χ2n) is 7.15. The lowest BCUT2D eigenvalue weighted by molar-refractivity contribution is 0.619. The maximum Gasteiger partial charge on any atom is 0.193 e. The number of aromatic nitrogens is 1. The van der Waals surface area contributed by atoms with Crippen molar-refractivity contribution in [3.8, 4) is 11.3 Å². The van der Waals surface area contributed by atoms with Gasteiger partial charge in [0.05, 0.1) is 5.39 Å². The summed E-state index contributed by atoms with van der Waals surface area (Å²) in [5, 5.41) is 1.69. The first-order valence-corrected chi connectivity index (χ1v) is 9.36. The Labute approximate surface area is 162 Å². The van der Waals surface area contributed by atoms with Gasteiger partial charge in [-0.05, 0) is 36.2 Å². The largest absolute Gasteiger partial charge is 0.456 e. The Morgan fingerprint density at radius 1 is 0.857 bits per heavy atom. The van der Waals surface area contributed by atoms with Crippen LogP contribution >= 0.6 is 0 Å². The number of nitrogens with zero attached hydrogens (tertiary/aromatic N) is 1. The molecule has 3 aromatic carbocycles. The lowest BCUT2D eigenvalue weighted by Gasteiger charge is -2.05. The molecular formula is C25H19NO2. The Morgan fingerprint density at radius 3 is 2.50 bits per heavy atom. The van der Waals surface area contributed by atoms with Crippen molar-refractivity contribution in [3.05, 3.63) is 106 Å². The molecule has 0 atom stereocenters. The van der Waals surface area contributed by atoms with Crippen molar-refractivity contribution in [2.45, 2.75) is 13.5 Å². The SMILES string of the molecule is Cc1ccc2c(=O)cc(-c3cn(Cc4ccccc4)c4ccccc34)oc2c1. The van der Waals surface area contributed by atoms with Crippen LogP contribution in [0, 0.1) is 6.92 Å². The molecule has 0 aliphatic carbocycles. The maximum atomic E-state index is 12.7. The lowest BCUT2D eigenvalue weighted by atomic mass is 10.1. The average Bonchev–Trinajstić information content (AvgIpc) is 3.07. The Kier molecular flexibility index (Phi) is 3.87. The molecule has 0 amide bonds. The normalized spacial score (nSPS) is 11.3. The molecule has 3 heteroatoms. The van der Waals surface area contributed by atoms with Crippen LogP contribution in [0.4, 0.5) is 0 Å². The predicted molar refractivity (Wildman–Crippen MR) is 114 cm³/mol. The van der Waals surface area contributed by atoms with Crippen molar-refractivity contribution in [2.75, 3.05) is 0 Å². The molecule has 28 heavy (non-hydrogen) atoms. The van der Waals surface area contributed by atoms with Gasteiger partial charge in [-0.15, -0.1) is 0 Å². The van der Waals surface area contributed by atoms with Gasteiger partial charge >= 0.3 is 0 Å². The summed E-state index contributed by atoms with van der Waals surface area (Å²) >= 11 is 0. The van der Waals surface area contributed by atoms with Crippen LogP contribution in [0.15, 0.2) is 94.3 Å². The van der Waals surface area contributed by atoms with E-state index in [4.69, 9.17) is 4.42 Å². The third-order valence-electron chi connectivity index (χ3n) is 5.13. The number of para-hydroxylation sites is 1. The fourth-order valence-corrected chi connectivity index (χ4v) is 3.75. The summed E-state index contributed by atoms with van der Waals surface area (Å²) in [5.41, 5.74) is 4.96. The topological polar surface area (TPSA) is 35.1 Å². The van der Waals surface area contributed by atoms with Gasteiger partial charge in [-0.1, -0.05) is 54.6 Å². The minimum atomic E-state index is -0.0175. The maximum absolute atomic E-state index is 12.7. The highest BCUT2D eigenvalue weighted by atomic mass is 16.3. The fraction of sp³-hybridized carbons (Fsp3) is 0.0800. The van der Waals surface area contributed by atoms with Crippen LogP contribution in [0.2, 0.25) is 0 Å². The van der Waals surface area contributed by atoms with Gasteiger partial charge in [0.2, 0.25) is 0 Å². The molecule has 0 spiro atoms. The number of rotatable bonds is 3. The highest BCUT2D eigenvalue weighted by Crippen LogP contribution is 2.32. The smallest absolute Gasteiger partial charge is 0.193 e. The first-order valence-electron chi connectivity index (χ1n) is 9.36. The molecule has 2 heterocycles. The molecule has 5 aromatic rings. The van der Waals surface area contributed by atoms with Crippen molar-refractivity contribution >= 4 is 21.9 Å². The van der Waals surface area contributed by atoms with E-state index in [1.165, 1.54) is 5.56 Å². The van der Waals surface area contributed by atoms with E-state index < -0.39 is 0 Å². The van der Waals surface area contributed by atoms with Gasteiger partial charge < -0.3 is 8.98 Å². The van der Waals surface area contributed by atoms with E-state index in [1.807, 2.05) is 55.5 Å². The molecule has 0 aliphatic rings. The third kappa shape index (κ3) is 2.81. The van der Waals surface area contributed by atoms with Gasteiger partial charge in [0.25, 0.3) is 0 Å². The van der Waals surface area contributed by atoms with Crippen LogP contribution in [0.5, 0.6) is 0 Å². The monoisotopic (exact) mass is 365 g/mol. The number of hydrogen-bond acceptors (Lipinski definition) is 2. The molecule has 136 valence electrons. The Bertz CT molecular complexity index is 1360. The zero-order chi connectivity index (χ0) is 19.1. The van der Waals surface area contributed by atoms with Crippen LogP contribution in [0.1, 0.15) is 11.1 Å². The minimum Gasteiger partial charge on any atom is -0.456 e. The first kappa shape index (κ1) is 16.6. The van der Waals surface area contributed by atoms with Crippen LogP contribution in [-0.2, 0) is 6.54 Å². The second kappa shape index (κ2) is 6.54. The van der Waals surface area contributed by atoms with Crippen LogP contribution in [0.25, 0.3) is 33.2 Å². The van der Waals surface area contributed by atoms with Gasteiger partial charge in [-0.25, -0.2) is 0 Å². The molecule has 0 unspecified atom stereocenters. The van der Waals surface area contributed by atoms with Crippen molar-refractivity contribution in [1.82, 2.24) is 4.57 Å². The first-order chi connectivity index (χ1) is 13.7. The summed E-state index contributed by atoms with van der Waals surface area (Å²) in [6, 6.07) is 25.9. The highest BCUT2D eigenvalue weighted by molar-refractivity contribution is 5.95. The number of aryl methyl sites for hydroxylation is 1. The summed E-state index contributed by atoms with van der Waals surface area (Å²) in [7, 11) is 0. The summed E-state index contributed by atoms with van der Waals surface area (Å²) in [6.07, 6.45) is 2.08. The van der Waals surface area contributed by atoms with Gasteiger partial charge in [-0.3, -0.25) is 4.79 Å².